The first-order valence-corrected chi connectivity index (χ1v) is 11.2. The molecule has 1 saturated carbocycles. The average Bonchev–Trinajstić information content (AvgIpc) is 3.23. The van der Waals surface area contributed by atoms with Gasteiger partial charge in [-0.3, -0.25) is 9.69 Å². The Labute approximate surface area is 183 Å². The van der Waals surface area contributed by atoms with Crippen LogP contribution in [0, 0.1) is 12.8 Å². The van der Waals surface area contributed by atoms with E-state index in [-0.39, 0.29) is 24.7 Å². The summed E-state index contributed by atoms with van der Waals surface area (Å²) in [6.07, 6.45) is 4.68. The zero-order valence-corrected chi connectivity index (χ0v) is 18.0. The number of nitrogens with one attached hydrogen (secondary N) is 1. The zero-order chi connectivity index (χ0) is 21.4. The maximum atomic E-state index is 12.9. The van der Waals surface area contributed by atoms with Gasteiger partial charge in [-0.15, -0.1) is 0 Å². The number of aryl methyl sites for hydroxylation is 1. The molecule has 0 bridgehead atoms. The zero-order valence-electron chi connectivity index (χ0n) is 18.0. The second-order valence-electron chi connectivity index (χ2n) is 9.15. The molecule has 2 heterocycles. The summed E-state index contributed by atoms with van der Waals surface area (Å²) in [4.78, 5) is 15.1. The van der Waals surface area contributed by atoms with Crippen LogP contribution in [0.25, 0.3) is 0 Å². The van der Waals surface area contributed by atoms with E-state index in [1.165, 1.54) is 0 Å². The molecular weight excluding hydrogens is 392 g/mol. The Morgan fingerprint density at radius 2 is 1.94 bits per heavy atom. The monoisotopic (exact) mass is 422 g/mol. The number of amides is 1. The van der Waals surface area contributed by atoms with E-state index in [0.717, 1.165) is 54.0 Å². The van der Waals surface area contributed by atoms with Crippen LogP contribution >= 0.6 is 0 Å². The normalized spacial score (nSPS) is 27.5. The first-order valence-electron chi connectivity index (χ1n) is 11.2. The molecule has 2 aromatic carbocycles. The summed E-state index contributed by atoms with van der Waals surface area (Å²) in [6, 6.07) is 13.8. The fraction of sp³-hybridized carbons (Fsp3) is 0.480. The smallest absolute Gasteiger partial charge is 0.238 e. The van der Waals surface area contributed by atoms with Gasteiger partial charge in [0.2, 0.25) is 12.7 Å². The quantitative estimate of drug-likeness (QED) is 0.779. The SMILES string of the molecule is Cc1ccc(NC(=O)CN2CCC3(O)CCCCC3[C@@H]2c2ccc3c(c2)OCO3)cc1. The largest absolute Gasteiger partial charge is 0.454 e. The first kappa shape index (κ1) is 20.3. The number of carbonyl (C=O) groups is 1. The van der Waals surface area contributed by atoms with Crippen molar-refractivity contribution >= 4 is 11.6 Å². The number of aliphatic hydroxyl groups is 1. The second-order valence-corrected chi connectivity index (χ2v) is 9.15. The second kappa shape index (κ2) is 8.17. The van der Waals surface area contributed by atoms with Crippen LogP contribution in [0.2, 0.25) is 0 Å². The van der Waals surface area contributed by atoms with Crippen LogP contribution < -0.4 is 14.8 Å². The maximum Gasteiger partial charge on any atom is 0.238 e. The molecule has 0 aromatic heterocycles. The molecule has 0 radical (unpaired) electrons. The Bertz CT molecular complexity index is 960. The van der Waals surface area contributed by atoms with Gasteiger partial charge in [0.1, 0.15) is 0 Å². The Morgan fingerprint density at radius 3 is 2.77 bits per heavy atom. The summed E-state index contributed by atoms with van der Waals surface area (Å²) in [6.45, 7) is 3.24. The Balaban J connectivity index is 1.40. The molecule has 1 amide bonds. The van der Waals surface area contributed by atoms with E-state index in [1.54, 1.807) is 0 Å². The summed E-state index contributed by atoms with van der Waals surface area (Å²) in [5.74, 6) is 1.56. The van der Waals surface area contributed by atoms with Crippen molar-refractivity contribution in [2.45, 2.75) is 50.7 Å². The minimum atomic E-state index is -0.663. The third kappa shape index (κ3) is 4.02. The van der Waals surface area contributed by atoms with E-state index < -0.39 is 5.60 Å². The van der Waals surface area contributed by atoms with E-state index in [2.05, 4.69) is 16.3 Å². The third-order valence-electron chi connectivity index (χ3n) is 7.09. The molecule has 2 fully saturated rings. The van der Waals surface area contributed by atoms with E-state index in [0.29, 0.717) is 19.5 Å². The first-order chi connectivity index (χ1) is 15.0. The number of piperidine rings is 1. The molecule has 6 nitrogen and oxygen atoms in total. The molecule has 1 saturated heterocycles. The Kier molecular flexibility index (Phi) is 5.36. The number of hydrogen-bond acceptors (Lipinski definition) is 5. The van der Waals surface area contributed by atoms with Gasteiger partial charge in [0.25, 0.3) is 0 Å². The fourth-order valence-corrected chi connectivity index (χ4v) is 5.48. The number of anilines is 1. The third-order valence-corrected chi connectivity index (χ3v) is 7.09. The number of rotatable bonds is 4. The topological polar surface area (TPSA) is 71.0 Å². The summed E-state index contributed by atoms with van der Waals surface area (Å²) in [5, 5.41) is 14.5. The van der Waals surface area contributed by atoms with Crippen molar-refractivity contribution in [3.05, 3.63) is 53.6 Å². The number of hydrogen-bond donors (Lipinski definition) is 2. The Hall–Kier alpha value is -2.57. The van der Waals surface area contributed by atoms with Gasteiger partial charge in [-0.1, -0.05) is 36.6 Å². The van der Waals surface area contributed by atoms with Crippen LogP contribution in [0.1, 0.15) is 49.3 Å². The highest BCUT2D eigenvalue weighted by molar-refractivity contribution is 5.92. The predicted octanol–water partition coefficient (Wildman–Crippen LogP) is 4.03. The Morgan fingerprint density at radius 1 is 1.13 bits per heavy atom. The number of likely N-dealkylation sites (tertiary alicyclic amines) is 1. The predicted molar refractivity (Wildman–Crippen MR) is 118 cm³/mol. The van der Waals surface area contributed by atoms with Gasteiger partial charge in [0.05, 0.1) is 12.1 Å². The van der Waals surface area contributed by atoms with Gasteiger partial charge in [-0.05, 0) is 56.0 Å². The standard InChI is InChI=1S/C25H30N2O4/c1-17-5-8-19(9-6-17)26-23(28)15-27-13-12-25(29)11-3-2-4-20(25)24(27)18-7-10-21-22(14-18)31-16-30-21/h5-10,14,20,24,29H,2-4,11-13,15-16H2,1H3,(H,26,28)/t20?,24-,25?/m0/s1. The summed E-state index contributed by atoms with van der Waals surface area (Å²) in [7, 11) is 0. The van der Waals surface area contributed by atoms with Crippen LogP contribution in [0.15, 0.2) is 42.5 Å². The lowest BCUT2D eigenvalue weighted by Gasteiger charge is -2.52. The van der Waals surface area contributed by atoms with E-state index in [9.17, 15) is 9.90 Å². The molecular formula is C25H30N2O4. The van der Waals surface area contributed by atoms with Crippen LogP contribution in [0.3, 0.4) is 0 Å². The maximum absolute atomic E-state index is 12.9. The van der Waals surface area contributed by atoms with Crippen molar-refractivity contribution in [2.24, 2.45) is 5.92 Å². The van der Waals surface area contributed by atoms with Gasteiger partial charge in [0.15, 0.2) is 11.5 Å². The minimum Gasteiger partial charge on any atom is -0.454 e. The molecule has 0 spiro atoms. The summed E-state index contributed by atoms with van der Waals surface area (Å²) < 4.78 is 11.1. The molecule has 2 unspecified atom stereocenters. The summed E-state index contributed by atoms with van der Waals surface area (Å²) >= 11 is 0. The van der Waals surface area contributed by atoms with Gasteiger partial charge in [-0.25, -0.2) is 0 Å². The van der Waals surface area contributed by atoms with Crippen LogP contribution in [0.4, 0.5) is 5.69 Å². The number of fused-ring (bicyclic) bond motifs is 2. The molecule has 2 N–H and O–H groups in total. The van der Waals surface area contributed by atoms with Crippen molar-refractivity contribution < 1.29 is 19.4 Å². The fourth-order valence-electron chi connectivity index (χ4n) is 5.48. The number of ether oxygens (including phenoxy) is 2. The molecule has 2 aromatic rings. The minimum absolute atomic E-state index is 0.0303. The molecule has 164 valence electrons. The van der Waals surface area contributed by atoms with E-state index in [1.807, 2.05) is 43.3 Å². The molecule has 2 aliphatic heterocycles. The molecule has 5 rings (SSSR count). The van der Waals surface area contributed by atoms with E-state index in [4.69, 9.17) is 9.47 Å². The van der Waals surface area contributed by atoms with Crippen molar-refractivity contribution in [1.82, 2.24) is 4.90 Å². The highest BCUT2D eigenvalue weighted by atomic mass is 16.7. The molecule has 3 aliphatic rings. The number of carbonyl (C=O) groups excluding carboxylic acids is 1. The molecule has 6 heteroatoms. The van der Waals surface area contributed by atoms with Gasteiger partial charge in [0, 0.05) is 24.2 Å². The average molecular weight is 423 g/mol. The molecule has 3 atom stereocenters. The van der Waals surface area contributed by atoms with Crippen molar-refractivity contribution in [2.75, 3.05) is 25.2 Å². The number of benzene rings is 2. The van der Waals surface area contributed by atoms with Gasteiger partial charge >= 0.3 is 0 Å². The lowest BCUT2D eigenvalue weighted by Crippen LogP contribution is -2.56. The molecule has 31 heavy (non-hydrogen) atoms. The lowest BCUT2D eigenvalue weighted by atomic mass is 9.66. The highest BCUT2D eigenvalue weighted by Gasteiger charge is 2.49. The van der Waals surface area contributed by atoms with Crippen molar-refractivity contribution in [3.8, 4) is 11.5 Å². The lowest BCUT2D eigenvalue weighted by molar-refractivity contribution is -0.135. The van der Waals surface area contributed by atoms with Crippen molar-refractivity contribution in [3.63, 3.8) is 0 Å². The van der Waals surface area contributed by atoms with Crippen LogP contribution in [0.5, 0.6) is 11.5 Å². The van der Waals surface area contributed by atoms with E-state index >= 15 is 0 Å². The van der Waals surface area contributed by atoms with Gasteiger partial charge < -0.3 is 19.9 Å². The van der Waals surface area contributed by atoms with Crippen LogP contribution in [-0.2, 0) is 4.79 Å². The van der Waals surface area contributed by atoms with Gasteiger partial charge in [-0.2, -0.15) is 0 Å². The summed E-state index contributed by atoms with van der Waals surface area (Å²) in [5.41, 5.74) is 2.38. The van der Waals surface area contributed by atoms with Crippen LogP contribution in [-0.4, -0.2) is 41.4 Å². The van der Waals surface area contributed by atoms with Crippen molar-refractivity contribution in [1.29, 1.82) is 0 Å². The molecule has 1 aliphatic carbocycles. The number of nitrogens with zero attached hydrogens (tertiary/aromatic N) is 1. The highest BCUT2D eigenvalue weighted by Crippen LogP contribution is 2.50.